The van der Waals surface area contributed by atoms with Gasteiger partial charge in [-0.3, -0.25) is 9.69 Å². The van der Waals surface area contributed by atoms with Gasteiger partial charge in [0, 0.05) is 31.9 Å². The molecule has 1 aliphatic heterocycles. The van der Waals surface area contributed by atoms with Crippen molar-refractivity contribution in [2.45, 2.75) is 45.1 Å². The predicted octanol–water partition coefficient (Wildman–Crippen LogP) is 3.91. The van der Waals surface area contributed by atoms with E-state index in [1.54, 1.807) is 12.1 Å². The first kappa shape index (κ1) is 18.0. The highest BCUT2D eigenvalue weighted by atomic mass is 16.5. The number of hydrogen-bond acceptors (Lipinski definition) is 4. The summed E-state index contributed by atoms with van der Waals surface area (Å²) in [5, 5.41) is 0. The van der Waals surface area contributed by atoms with Crippen LogP contribution in [0.1, 0.15) is 53.6 Å². The number of nitrogens with two attached hydrogens (primary N) is 1. The highest BCUT2D eigenvalue weighted by Gasteiger charge is 2.21. The number of carbonyl (C=O) groups is 1. The van der Waals surface area contributed by atoms with Crippen LogP contribution < -0.4 is 10.5 Å². The molecule has 0 radical (unpaired) electrons. The average molecular weight is 365 g/mol. The van der Waals surface area contributed by atoms with Crippen molar-refractivity contribution in [3.05, 3.63) is 53.2 Å². The van der Waals surface area contributed by atoms with Gasteiger partial charge in [-0.1, -0.05) is 25.3 Å². The highest BCUT2D eigenvalue weighted by Crippen LogP contribution is 2.29. The van der Waals surface area contributed by atoms with E-state index in [0.717, 1.165) is 31.2 Å². The summed E-state index contributed by atoms with van der Waals surface area (Å²) < 4.78 is 5.88. The van der Waals surface area contributed by atoms with Gasteiger partial charge in [0.05, 0.1) is 5.56 Å². The summed E-state index contributed by atoms with van der Waals surface area (Å²) in [6.45, 7) is 3.37. The fourth-order valence-corrected chi connectivity index (χ4v) is 4.25. The van der Waals surface area contributed by atoms with Gasteiger partial charge in [-0.25, -0.2) is 4.98 Å². The molecule has 1 saturated carbocycles. The number of benzene rings is 1. The van der Waals surface area contributed by atoms with Crippen molar-refractivity contribution in [2.24, 2.45) is 11.7 Å². The summed E-state index contributed by atoms with van der Waals surface area (Å²) >= 11 is 0. The van der Waals surface area contributed by atoms with Crippen LogP contribution in [0.3, 0.4) is 0 Å². The largest absolute Gasteiger partial charge is 0.439 e. The van der Waals surface area contributed by atoms with Crippen LogP contribution in [0.5, 0.6) is 11.6 Å². The van der Waals surface area contributed by atoms with Gasteiger partial charge in [-0.2, -0.15) is 0 Å². The molecule has 1 aromatic heterocycles. The number of carbonyl (C=O) groups excluding carboxylic acids is 1. The lowest BCUT2D eigenvalue weighted by Crippen LogP contribution is -2.35. The second-order valence-corrected chi connectivity index (χ2v) is 7.77. The topological polar surface area (TPSA) is 68.5 Å². The molecule has 1 aromatic carbocycles. The summed E-state index contributed by atoms with van der Waals surface area (Å²) in [6.07, 6.45) is 9.53. The molecule has 2 heterocycles. The van der Waals surface area contributed by atoms with Crippen molar-refractivity contribution in [1.82, 2.24) is 9.88 Å². The van der Waals surface area contributed by atoms with Crippen LogP contribution in [-0.4, -0.2) is 28.9 Å². The number of hydrogen-bond donors (Lipinski definition) is 1. The lowest BCUT2D eigenvalue weighted by molar-refractivity contribution is 0.1000. The van der Waals surface area contributed by atoms with Gasteiger partial charge in [0.2, 0.25) is 11.8 Å². The van der Waals surface area contributed by atoms with Crippen LogP contribution >= 0.6 is 0 Å². The monoisotopic (exact) mass is 365 g/mol. The molecule has 0 saturated heterocycles. The Bertz CT molecular complexity index is 798. The molecule has 1 fully saturated rings. The molecule has 4 rings (SSSR count). The van der Waals surface area contributed by atoms with Gasteiger partial charge in [-0.15, -0.1) is 0 Å². The maximum Gasteiger partial charge on any atom is 0.250 e. The predicted molar refractivity (Wildman–Crippen MR) is 105 cm³/mol. The summed E-state index contributed by atoms with van der Waals surface area (Å²) in [5.74, 6) is 1.64. The number of rotatable bonds is 5. The molecule has 2 aliphatic rings. The van der Waals surface area contributed by atoms with E-state index in [0.29, 0.717) is 11.4 Å². The molecule has 1 aliphatic carbocycles. The van der Waals surface area contributed by atoms with Crippen molar-refractivity contribution in [1.29, 1.82) is 0 Å². The smallest absolute Gasteiger partial charge is 0.250 e. The summed E-state index contributed by atoms with van der Waals surface area (Å²) in [7, 11) is 0. The Balaban J connectivity index is 1.41. The van der Waals surface area contributed by atoms with Crippen molar-refractivity contribution < 1.29 is 9.53 Å². The highest BCUT2D eigenvalue weighted by molar-refractivity contribution is 5.92. The molecule has 5 nitrogen and oxygen atoms in total. The van der Waals surface area contributed by atoms with Crippen LogP contribution in [0.25, 0.3) is 0 Å². The maximum absolute atomic E-state index is 11.1. The summed E-state index contributed by atoms with van der Waals surface area (Å²) in [4.78, 5) is 17.9. The third-order valence-electron chi connectivity index (χ3n) is 5.75. The second-order valence-electron chi connectivity index (χ2n) is 7.77. The van der Waals surface area contributed by atoms with Gasteiger partial charge in [0.1, 0.15) is 5.75 Å². The van der Waals surface area contributed by atoms with E-state index in [1.165, 1.54) is 56.0 Å². The minimum atomic E-state index is -0.485. The molecule has 1 amide bonds. The molecule has 27 heavy (non-hydrogen) atoms. The molecular formula is C22H27N3O2. The minimum Gasteiger partial charge on any atom is -0.439 e. The molecule has 0 bridgehead atoms. The third kappa shape index (κ3) is 4.48. The van der Waals surface area contributed by atoms with E-state index in [9.17, 15) is 4.79 Å². The average Bonchev–Trinajstić information content (AvgIpc) is 2.69. The van der Waals surface area contributed by atoms with E-state index in [4.69, 9.17) is 10.5 Å². The normalized spacial score (nSPS) is 18.1. The zero-order chi connectivity index (χ0) is 18.6. The molecular weight excluding hydrogens is 338 g/mol. The van der Waals surface area contributed by atoms with Crippen LogP contribution in [-0.2, 0) is 13.0 Å². The Morgan fingerprint density at radius 3 is 2.74 bits per heavy atom. The Kier molecular flexibility index (Phi) is 5.39. The number of primary amides is 1. The van der Waals surface area contributed by atoms with Crippen LogP contribution in [0.15, 0.2) is 36.5 Å². The molecule has 0 unspecified atom stereocenters. The van der Waals surface area contributed by atoms with Crippen molar-refractivity contribution in [3.8, 4) is 11.6 Å². The first-order valence-corrected chi connectivity index (χ1v) is 9.95. The number of amides is 1. The standard InChI is InChI=1S/C22H27N3O2/c23-22(26)18-7-9-21(24-13-18)27-20-8-6-17-10-11-25(15-19(17)12-20)14-16-4-2-1-3-5-16/h6-9,12-13,16H,1-5,10-11,14-15H2,(H2,23,26). The summed E-state index contributed by atoms with van der Waals surface area (Å²) in [5.41, 5.74) is 8.40. The minimum absolute atomic E-state index is 0.381. The fourth-order valence-electron chi connectivity index (χ4n) is 4.25. The number of nitrogens with zero attached hydrogens (tertiary/aromatic N) is 2. The number of fused-ring (bicyclic) bond motifs is 1. The van der Waals surface area contributed by atoms with Crippen molar-refractivity contribution >= 4 is 5.91 Å². The van der Waals surface area contributed by atoms with Gasteiger partial charge >= 0.3 is 0 Å². The van der Waals surface area contributed by atoms with Crippen LogP contribution in [0, 0.1) is 5.92 Å². The Hall–Kier alpha value is -2.40. The van der Waals surface area contributed by atoms with Crippen LogP contribution in [0.2, 0.25) is 0 Å². The van der Waals surface area contributed by atoms with E-state index >= 15 is 0 Å². The van der Waals surface area contributed by atoms with Gasteiger partial charge in [0.15, 0.2) is 0 Å². The molecule has 2 aromatic rings. The second kappa shape index (κ2) is 8.09. The first-order valence-electron chi connectivity index (χ1n) is 9.95. The van der Waals surface area contributed by atoms with Gasteiger partial charge < -0.3 is 10.5 Å². The van der Waals surface area contributed by atoms with Crippen LogP contribution in [0.4, 0.5) is 0 Å². The van der Waals surface area contributed by atoms with E-state index in [-0.39, 0.29) is 0 Å². The molecule has 2 N–H and O–H groups in total. The Morgan fingerprint density at radius 1 is 1.15 bits per heavy atom. The van der Waals surface area contributed by atoms with Gasteiger partial charge in [-0.05, 0) is 54.5 Å². The SMILES string of the molecule is NC(=O)c1ccc(Oc2ccc3c(c2)CN(CC2CCCCC2)CC3)nc1. The first-order chi connectivity index (χ1) is 13.2. The third-order valence-corrected chi connectivity index (χ3v) is 5.75. The molecule has 0 atom stereocenters. The van der Waals surface area contributed by atoms with Crippen molar-refractivity contribution in [2.75, 3.05) is 13.1 Å². The Labute approximate surface area is 160 Å². The number of aromatic nitrogens is 1. The molecule has 5 heteroatoms. The lowest BCUT2D eigenvalue weighted by atomic mass is 9.88. The zero-order valence-electron chi connectivity index (χ0n) is 15.7. The lowest BCUT2D eigenvalue weighted by Gasteiger charge is -2.33. The number of pyridine rings is 1. The number of ether oxygens (including phenoxy) is 1. The van der Waals surface area contributed by atoms with E-state index in [1.807, 2.05) is 6.07 Å². The quantitative estimate of drug-likeness (QED) is 0.872. The molecule has 142 valence electrons. The fraction of sp³-hybridized carbons (Fsp3) is 0.455. The van der Waals surface area contributed by atoms with Gasteiger partial charge in [0.25, 0.3) is 0 Å². The maximum atomic E-state index is 11.1. The Morgan fingerprint density at radius 2 is 2.00 bits per heavy atom. The van der Waals surface area contributed by atoms with E-state index < -0.39 is 5.91 Å². The van der Waals surface area contributed by atoms with Crippen molar-refractivity contribution in [3.63, 3.8) is 0 Å². The van der Waals surface area contributed by atoms with E-state index in [2.05, 4.69) is 22.0 Å². The molecule has 0 spiro atoms. The summed E-state index contributed by atoms with van der Waals surface area (Å²) in [6, 6.07) is 9.61. The zero-order valence-corrected chi connectivity index (χ0v) is 15.7.